The van der Waals surface area contributed by atoms with Crippen LogP contribution in [0.1, 0.15) is 26.0 Å². The quantitative estimate of drug-likeness (QED) is 0.877. The summed E-state index contributed by atoms with van der Waals surface area (Å²) in [4.78, 5) is 11.3. The Morgan fingerprint density at radius 1 is 1.39 bits per heavy atom. The van der Waals surface area contributed by atoms with Gasteiger partial charge in [0.25, 0.3) is 0 Å². The summed E-state index contributed by atoms with van der Waals surface area (Å²) in [6.45, 7) is 7.99. The third kappa shape index (κ3) is 1.99. The number of nitrogens with zero attached hydrogens (tertiary/aromatic N) is 3. The molecule has 3 heterocycles. The Hall–Kier alpha value is -1.16. The largest absolute Gasteiger partial charge is 0.353 e. The van der Waals surface area contributed by atoms with E-state index in [2.05, 4.69) is 40.1 Å². The number of aryl methyl sites for hydroxylation is 1. The number of rotatable bonds is 3. The van der Waals surface area contributed by atoms with E-state index in [1.165, 1.54) is 12.2 Å². The molecule has 0 aliphatic carbocycles. The molecular formula is C14H22N4. The monoisotopic (exact) mass is 246 g/mol. The van der Waals surface area contributed by atoms with Gasteiger partial charge in [0.15, 0.2) is 0 Å². The van der Waals surface area contributed by atoms with E-state index in [1.54, 1.807) is 6.33 Å². The van der Waals surface area contributed by atoms with Crippen LogP contribution in [0.2, 0.25) is 0 Å². The minimum absolute atomic E-state index is 0.592. The number of fused-ring (bicyclic) bond motifs is 1. The van der Waals surface area contributed by atoms with Crippen LogP contribution in [0.15, 0.2) is 12.4 Å². The van der Waals surface area contributed by atoms with E-state index in [4.69, 9.17) is 0 Å². The van der Waals surface area contributed by atoms with Crippen molar-refractivity contribution in [2.75, 3.05) is 24.5 Å². The normalized spacial score (nSPS) is 30.8. The molecule has 2 fully saturated rings. The number of nitrogens with one attached hydrogen (secondary N) is 1. The average molecular weight is 246 g/mol. The topological polar surface area (TPSA) is 41.0 Å². The smallest absolute Gasteiger partial charge is 0.132 e. The summed E-state index contributed by atoms with van der Waals surface area (Å²) in [6, 6.07) is 2.77. The second-order valence-electron chi connectivity index (χ2n) is 5.59. The van der Waals surface area contributed by atoms with Crippen molar-refractivity contribution in [3.05, 3.63) is 18.1 Å². The van der Waals surface area contributed by atoms with Gasteiger partial charge in [-0.1, -0.05) is 13.3 Å². The van der Waals surface area contributed by atoms with E-state index in [1.807, 2.05) is 0 Å². The summed E-state index contributed by atoms with van der Waals surface area (Å²) in [5.41, 5.74) is 1.17. The number of aromatic nitrogens is 2. The number of hydrogen-bond acceptors (Lipinski definition) is 4. The van der Waals surface area contributed by atoms with Crippen LogP contribution in [-0.2, 0) is 6.42 Å². The van der Waals surface area contributed by atoms with Crippen LogP contribution in [0.5, 0.6) is 0 Å². The van der Waals surface area contributed by atoms with Gasteiger partial charge in [-0.05, 0) is 25.2 Å². The van der Waals surface area contributed by atoms with Gasteiger partial charge in [-0.15, -0.1) is 0 Å². The first-order valence-corrected chi connectivity index (χ1v) is 7.08. The van der Waals surface area contributed by atoms with Crippen LogP contribution in [0, 0.1) is 11.8 Å². The minimum Gasteiger partial charge on any atom is -0.353 e. The summed E-state index contributed by atoms with van der Waals surface area (Å²) in [5, 5.41) is 3.50. The van der Waals surface area contributed by atoms with Crippen LogP contribution < -0.4 is 10.2 Å². The molecule has 0 spiro atoms. The lowest BCUT2D eigenvalue weighted by atomic mass is 9.95. The van der Waals surface area contributed by atoms with E-state index in [9.17, 15) is 0 Å². The Morgan fingerprint density at radius 3 is 3.06 bits per heavy atom. The maximum absolute atomic E-state index is 4.48. The molecular weight excluding hydrogens is 224 g/mol. The lowest BCUT2D eigenvalue weighted by molar-refractivity contribution is 0.471. The Bertz CT molecular complexity index is 420. The highest BCUT2D eigenvalue weighted by Crippen LogP contribution is 2.34. The second-order valence-corrected chi connectivity index (χ2v) is 5.59. The van der Waals surface area contributed by atoms with Gasteiger partial charge < -0.3 is 10.2 Å². The van der Waals surface area contributed by atoms with E-state index in [-0.39, 0.29) is 0 Å². The van der Waals surface area contributed by atoms with Gasteiger partial charge in [0.05, 0.1) is 0 Å². The van der Waals surface area contributed by atoms with E-state index < -0.39 is 0 Å². The van der Waals surface area contributed by atoms with Crippen LogP contribution in [-0.4, -0.2) is 35.6 Å². The molecule has 4 nitrogen and oxygen atoms in total. The lowest BCUT2D eigenvalue weighted by Gasteiger charge is -2.25. The molecule has 98 valence electrons. The van der Waals surface area contributed by atoms with Crippen molar-refractivity contribution in [1.82, 2.24) is 15.3 Å². The van der Waals surface area contributed by atoms with Crippen molar-refractivity contribution in [3.8, 4) is 0 Å². The van der Waals surface area contributed by atoms with Crippen molar-refractivity contribution in [2.24, 2.45) is 11.8 Å². The molecule has 2 aliphatic rings. The standard InChI is InChI=1S/C14H22N4/c1-3-4-12-5-14(17-9-16-12)18-8-11-6-15-7-13(11)10(18)2/h5,9-11,13,15H,3-4,6-8H2,1-2H3. The van der Waals surface area contributed by atoms with Gasteiger partial charge in [-0.3, -0.25) is 0 Å². The van der Waals surface area contributed by atoms with Crippen molar-refractivity contribution >= 4 is 5.82 Å². The molecule has 3 rings (SSSR count). The third-order valence-electron chi connectivity index (χ3n) is 4.44. The lowest BCUT2D eigenvalue weighted by Crippen LogP contribution is -2.33. The average Bonchev–Trinajstić information content (AvgIpc) is 2.94. The van der Waals surface area contributed by atoms with Crippen LogP contribution in [0.3, 0.4) is 0 Å². The Labute approximate surface area is 109 Å². The van der Waals surface area contributed by atoms with E-state index >= 15 is 0 Å². The van der Waals surface area contributed by atoms with E-state index in [0.717, 1.165) is 43.6 Å². The van der Waals surface area contributed by atoms with Gasteiger partial charge >= 0.3 is 0 Å². The maximum Gasteiger partial charge on any atom is 0.132 e. The van der Waals surface area contributed by atoms with Gasteiger partial charge in [0, 0.05) is 37.4 Å². The second kappa shape index (κ2) is 4.84. The SMILES string of the molecule is CCCc1cc(N2CC3CNCC3C2C)ncn1. The molecule has 0 aromatic carbocycles. The van der Waals surface area contributed by atoms with Gasteiger partial charge in [0.2, 0.25) is 0 Å². The predicted molar refractivity (Wildman–Crippen MR) is 72.7 cm³/mol. The zero-order chi connectivity index (χ0) is 12.5. The van der Waals surface area contributed by atoms with Gasteiger partial charge in [0.1, 0.15) is 12.1 Å². The van der Waals surface area contributed by atoms with E-state index in [0.29, 0.717) is 6.04 Å². The molecule has 0 saturated carbocycles. The summed E-state index contributed by atoms with van der Waals surface area (Å²) in [5.74, 6) is 2.70. The first-order chi connectivity index (χ1) is 8.79. The first kappa shape index (κ1) is 11.9. The number of hydrogen-bond donors (Lipinski definition) is 1. The fourth-order valence-electron chi connectivity index (χ4n) is 3.41. The van der Waals surface area contributed by atoms with Crippen molar-refractivity contribution in [3.63, 3.8) is 0 Å². The molecule has 0 amide bonds. The fourth-order valence-corrected chi connectivity index (χ4v) is 3.41. The molecule has 1 N–H and O–H groups in total. The van der Waals surface area contributed by atoms with Crippen molar-refractivity contribution in [2.45, 2.75) is 32.7 Å². The highest BCUT2D eigenvalue weighted by molar-refractivity contribution is 5.42. The Kier molecular flexibility index (Phi) is 3.20. The van der Waals surface area contributed by atoms with Crippen LogP contribution >= 0.6 is 0 Å². The Balaban J connectivity index is 1.80. The van der Waals surface area contributed by atoms with Crippen LogP contribution in [0.25, 0.3) is 0 Å². The van der Waals surface area contributed by atoms with Crippen LogP contribution in [0.4, 0.5) is 5.82 Å². The zero-order valence-electron chi connectivity index (χ0n) is 11.3. The Morgan fingerprint density at radius 2 is 2.28 bits per heavy atom. The summed E-state index contributed by atoms with van der Waals surface area (Å²) < 4.78 is 0. The molecule has 3 atom stereocenters. The molecule has 2 saturated heterocycles. The third-order valence-corrected chi connectivity index (χ3v) is 4.44. The maximum atomic E-state index is 4.48. The molecule has 0 bridgehead atoms. The predicted octanol–water partition coefficient (Wildman–Crippen LogP) is 1.47. The summed E-state index contributed by atoms with van der Waals surface area (Å²) >= 11 is 0. The molecule has 18 heavy (non-hydrogen) atoms. The fraction of sp³-hybridized carbons (Fsp3) is 0.714. The molecule has 1 aromatic rings. The molecule has 1 aromatic heterocycles. The molecule has 3 unspecified atom stereocenters. The van der Waals surface area contributed by atoms with Gasteiger partial charge in [-0.25, -0.2) is 9.97 Å². The van der Waals surface area contributed by atoms with Crippen molar-refractivity contribution in [1.29, 1.82) is 0 Å². The van der Waals surface area contributed by atoms with Crippen molar-refractivity contribution < 1.29 is 0 Å². The minimum atomic E-state index is 0.592. The molecule has 2 aliphatic heterocycles. The van der Waals surface area contributed by atoms with Gasteiger partial charge in [-0.2, -0.15) is 0 Å². The summed E-state index contributed by atoms with van der Waals surface area (Å²) in [7, 11) is 0. The highest BCUT2D eigenvalue weighted by Gasteiger charge is 2.42. The molecule has 0 radical (unpaired) electrons. The summed E-state index contributed by atoms with van der Waals surface area (Å²) in [6.07, 6.45) is 3.91. The highest BCUT2D eigenvalue weighted by atomic mass is 15.3. The zero-order valence-corrected chi connectivity index (χ0v) is 11.3. The first-order valence-electron chi connectivity index (χ1n) is 7.08. The number of anilines is 1. The molecule has 4 heteroatoms.